The molecule has 3 nitrogen and oxygen atoms in total. The molecule has 48 valence electrons. The van der Waals surface area contributed by atoms with Gasteiger partial charge in [-0.1, -0.05) is 0 Å². The SMILES string of the molecule is NCC(=O)n1cccc1. The molecule has 0 saturated carbocycles. The van der Waals surface area contributed by atoms with E-state index >= 15 is 0 Å². The first-order chi connectivity index (χ1) is 4.34. The predicted octanol–water partition coefficient (Wildman–Crippen LogP) is 0.0870. The monoisotopic (exact) mass is 124 g/mol. The van der Waals surface area contributed by atoms with Crippen LogP contribution in [0, 0.1) is 0 Å². The van der Waals surface area contributed by atoms with Crippen molar-refractivity contribution in [1.82, 2.24) is 4.57 Å². The number of nitrogens with zero attached hydrogens (tertiary/aromatic N) is 1. The van der Waals surface area contributed by atoms with Crippen molar-refractivity contribution in [1.29, 1.82) is 0 Å². The molecule has 0 radical (unpaired) electrons. The number of hydrogen-bond acceptors (Lipinski definition) is 2. The van der Waals surface area contributed by atoms with Crippen LogP contribution < -0.4 is 5.73 Å². The van der Waals surface area contributed by atoms with Crippen LogP contribution in [0.5, 0.6) is 0 Å². The fourth-order valence-corrected chi connectivity index (χ4v) is 0.606. The molecule has 0 saturated heterocycles. The van der Waals surface area contributed by atoms with Crippen molar-refractivity contribution in [3.8, 4) is 0 Å². The third-order valence-corrected chi connectivity index (χ3v) is 1.07. The second-order valence-electron chi connectivity index (χ2n) is 1.69. The summed E-state index contributed by atoms with van der Waals surface area (Å²) in [7, 11) is 0. The Morgan fingerprint density at radius 1 is 1.44 bits per heavy atom. The minimum Gasteiger partial charge on any atom is -0.322 e. The summed E-state index contributed by atoms with van der Waals surface area (Å²) >= 11 is 0. The average Bonchev–Trinajstić information content (AvgIpc) is 2.37. The van der Waals surface area contributed by atoms with Gasteiger partial charge in [-0.15, -0.1) is 0 Å². The molecule has 3 heteroatoms. The zero-order valence-electron chi connectivity index (χ0n) is 4.95. The summed E-state index contributed by atoms with van der Waals surface area (Å²) in [5, 5.41) is 0. The quantitative estimate of drug-likeness (QED) is 0.576. The number of nitrogens with two attached hydrogens (primary N) is 1. The summed E-state index contributed by atoms with van der Waals surface area (Å²) in [5.74, 6) is -0.0833. The van der Waals surface area contributed by atoms with Gasteiger partial charge < -0.3 is 5.73 Å². The van der Waals surface area contributed by atoms with Crippen LogP contribution in [0.2, 0.25) is 0 Å². The van der Waals surface area contributed by atoms with Crippen molar-refractivity contribution in [3.05, 3.63) is 24.5 Å². The van der Waals surface area contributed by atoms with Gasteiger partial charge in [0.2, 0.25) is 5.91 Å². The molecule has 0 amide bonds. The Balaban J connectivity index is 2.77. The van der Waals surface area contributed by atoms with Crippen molar-refractivity contribution < 1.29 is 4.79 Å². The largest absolute Gasteiger partial charge is 0.322 e. The maximum absolute atomic E-state index is 10.7. The number of carbonyl (C=O) groups is 1. The number of carbonyl (C=O) groups excluding carboxylic acids is 1. The van der Waals surface area contributed by atoms with Gasteiger partial charge in [0.05, 0.1) is 6.54 Å². The molecule has 1 aromatic heterocycles. The molecule has 0 aliphatic rings. The van der Waals surface area contributed by atoms with Crippen molar-refractivity contribution in [2.75, 3.05) is 6.54 Å². The highest BCUT2D eigenvalue weighted by atomic mass is 16.2. The van der Waals surface area contributed by atoms with Crippen molar-refractivity contribution in [2.24, 2.45) is 5.73 Å². The van der Waals surface area contributed by atoms with E-state index in [4.69, 9.17) is 5.73 Å². The second kappa shape index (κ2) is 2.46. The van der Waals surface area contributed by atoms with Gasteiger partial charge in [0.25, 0.3) is 0 Å². The van der Waals surface area contributed by atoms with E-state index in [9.17, 15) is 4.79 Å². The zero-order chi connectivity index (χ0) is 6.69. The third-order valence-electron chi connectivity index (χ3n) is 1.07. The molecule has 0 fully saturated rings. The lowest BCUT2D eigenvalue weighted by molar-refractivity contribution is 0.0924. The minimum absolute atomic E-state index is 0.0642. The van der Waals surface area contributed by atoms with Gasteiger partial charge in [0.15, 0.2) is 0 Å². The fourth-order valence-electron chi connectivity index (χ4n) is 0.606. The molecule has 0 atom stereocenters. The predicted molar refractivity (Wildman–Crippen MR) is 34.1 cm³/mol. The number of aromatic nitrogens is 1. The van der Waals surface area contributed by atoms with Gasteiger partial charge in [-0.05, 0) is 12.1 Å². The highest BCUT2D eigenvalue weighted by molar-refractivity contribution is 5.80. The van der Waals surface area contributed by atoms with Crippen molar-refractivity contribution in [3.63, 3.8) is 0 Å². The van der Waals surface area contributed by atoms with E-state index < -0.39 is 0 Å². The highest BCUT2D eigenvalue weighted by Crippen LogP contribution is 1.87. The van der Waals surface area contributed by atoms with E-state index in [1.54, 1.807) is 24.5 Å². The molecule has 2 N–H and O–H groups in total. The summed E-state index contributed by atoms with van der Waals surface area (Å²) in [4.78, 5) is 10.7. The first-order valence-electron chi connectivity index (χ1n) is 2.71. The molecule has 1 aromatic rings. The normalized spacial score (nSPS) is 9.44. The lowest BCUT2D eigenvalue weighted by atomic mass is 10.6. The molecule has 0 aliphatic carbocycles. The molecule has 0 aliphatic heterocycles. The Hall–Kier alpha value is -1.09. The maximum atomic E-state index is 10.7. The average molecular weight is 124 g/mol. The topological polar surface area (TPSA) is 48.0 Å². The van der Waals surface area contributed by atoms with Gasteiger partial charge >= 0.3 is 0 Å². The third kappa shape index (κ3) is 1.17. The minimum atomic E-state index is -0.0833. The van der Waals surface area contributed by atoms with Crippen molar-refractivity contribution >= 4 is 5.91 Å². The van der Waals surface area contributed by atoms with Crippen LogP contribution in [0.25, 0.3) is 0 Å². The van der Waals surface area contributed by atoms with Gasteiger partial charge in [-0.25, -0.2) is 0 Å². The standard InChI is InChI=1S/C6H8N2O/c7-5-6(9)8-3-1-2-4-8/h1-4H,5,7H2. The first-order valence-corrected chi connectivity index (χ1v) is 2.71. The lowest BCUT2D eigenvalue weighted by Gasteiger charge is -1.94. The van der Waals surface area contributed by atoms with E-state index in [2.05, 4.69) is 0 Å². The molecule has 0 spiro atoms. The molecule has 0 aromatic carbocycles. The Morgan fingerprint density at radius 2 is 2.00 bits per heavy atom. The van der Waals surface area contributed by atoms with E-state index in [0.717, 1.165) is 0 Å². The molecule has 1 rings (SSSR count). The van der Waals surface area contributed by atoms with E-state index in [0.29, 0.717) is 0 Å². The first kappa shape index (κ1) is 6.04. The summed E-state index contributed by atoms with van der Waals surface area (Å²) in [6, 6.07) is 3.57. The second-order valence-corrected chi connectivity index (χ2v) is 1.69. The Morgan fingerprint density at radius 3 is 2.44 bits per heavy atom. The Bertz CT molecular complexity index is 191. The smallest absolute Gasteiger partial charge is 0.244 e. The van der Waals surface area contributed by atoms with E-state index in [-0.39, 0.29) is 12.5 Å². The van der Waals surface area contributed by atoms with Crippen LogP contribution in [-0.2, 0) is 0 Å². The molecule has 9 heavy (non-hydrogen) atoms. The Kier molecular flexibility index (Phi) is 1.65. The van der Waals surface area contributed by atoms with Gasteiger partial charge in [-0.2, -0.15) is 0 Å². The maximum Gasteiger partial charge on any atom is 0.244 e. The van der Waals surface area contributed by atoms with E-state index in [1.807, 2.05) is 0 Å². The number of rotatable bonds is 1. The van der Waals surface area contributed by atoms with Crippen LogP contribution in [0.3, 0.4) is 0 Å². The fraction of sp³-hybridized carbons (Fsp3) is 0.167. The zero-order valence-corrected chi connectivity index (χ0v) is 4.95. The van der Waals surface area contributed by atoms with Gasteiger partial charge in [0, 0.05) is 12.4 Å². The molecule has 1 heterocycles. The summed E-state index contributed by atoms with van der Waals surface area (Å²) in [6.07, 6.45) is 3.35. The van der Waals surface area contributed by atoms with E-state index in [1.165, 1.54) is 4.57 Å². The summed E-state index contributed by atoms with van der Waals surface area (Å²) in [5.41, 5.74) is 5.09. The Labute approximate surface area is 53.1 Å². The van der Waals surface area contributed by atoms with Crippen LogP contribution in [-0.4, -0.2) is 17.0 Å². The molecular weight excluding hydrogens is 116 g/mol. The highest BCUT2D eigenvalue weighted by Gasteiger charge is 1.95. The van der Waals surface area contributed by atoms with Crippen LogP contribution >= 0.6 is 0 Å². The molecule has 0 bridgehead atoms. The van der Waals surface area contributed by atoms with Crippen molar-refractivity contribution in [2.45, 2.75) is 0 Å². The number of hydrogen-bond donors (Lipinski definition) is 1. The van der Waals surface area contributed by atoms with Gasteiger partial charge in [0.1, 0.15) is 0 Å². The molecule has 0 unspecified atom stereocenters. The van der Waals surface area contributed by atoms with Gasteiger partial charge in [-0.3, -0.25) is 9.36 Å². The van der Waals surface area contributed by atoms with Crippen LogP contribution in [0.1, 0.15) is 4.79 Å². The van der Waals surface area contributed by atoms with Crippen LogP contribution in [0.4, 0.5) is 0 Å². The summed E-state index contributed by atoms with van der Waals surface area (Å²) < 4.78 is 1.46. The van der Waals surface area contributed by atoms with Crippen LogP contribution in [0.15, 0.2) is 24.5 Å². The lowest BCUT2D eigenvalue weighted by Crippen LogP contribution is -2.19. The summed E-state index contributed by atoms with van der Waals surface area (Å²) in [6.45, 7) is 0.0642. The molecular formula is C6H8N2O.